The van der Waals surface area contributed by atoms with Gasteiger partial charge in [0.05, 0.1) is 6.42 Å². The Hall–Kier alpha value is -2.59. The third-order valence-corrected chi connectivity index (χ3v) is 5.20. The van der Waals surface area contributed by atoms with Gasteiger partial charge in [0.15, 0.2) is 0 Å². The Morgan fingerprint density at radius 3 is 2.48 bits per heavy atom. The van der Waals surface area contributed by atoms with Crippen molar-refractivity contribution in [1.29, 1.82) is 0 Å². The molecule has 0 aliphatic heterocycles. The van der Waals surface area contributed by atoms with Crippen LogP contribution >= 0.6 is 0 Å². The summed E-state index contributed by atoms with van der Waals surface area (Å²) in [6, 6.07) is 18.9. The zero-order valence-corrected chi connectivity index (χ0v) is 16.2. The Bertz CT molecular complexity index is 852. The van der Waals surface area contributed by atoms with E-state index in [0.29, 0.717) is 19.0 Å². The van der Waals surface area contributed by atoms with Crippen LogP contribution in [-0.2, 0) is 17.6 Å². The SMILES string of the molecule is CCN(CC)C(CNC(=O)Cc1c[nH]c2ccccc12)Cc1ccccc1. The van der Waals surface area contributed by atoms with Crippen molar-refractivity contribution in [3.05, 3.63) is 71.9 Å². The van der Waals surface area contributed by atoms with Gasteiger partial charge < -0.3 is 10.3 Å². The molecule has 2 aromatic carbocycles. The lowest BCUT2D eigenvalue weighted by Gasteiger charge is -2.30. The minimum absolute atomic E-state index is 0.0740. The summed E-state index contributed by atoms with van der Waals surface area (Å²) in [7, 11) is 0. The summed E-state index contributed by atoms with van der Waals surface area (Å²) in [6.07, 6.45) is 3.28. The predicted molar refractivity (Wildman–Crippen MR) is 112 cm³/mol. The van der Waals surface area contributed by atoms with E-state index in [4.69, 9.17) is 0 Å². The van der Waals surface area contributed by atoms with Crippen molar-refractivity contribution < 1.29 is 4.79 Å². The topological polar surface area (TPSA) is 48.1 Å². The number of likely N-dealkylation sites (N-methyl/N-ethyl adjacent to an activating group) is 1. The number of fused-ring (bicyclic) bond motifs is 1. The molecule has 1 aromatic heterocycles. The monoisotopic (exact) mass is 363 g/mol. The van der Waals surface area contributed by atoms with Crippen molar-refractivity contribution in [2.24, 2.45) is 0 Å². The first kappa shape index (κ1) is 19.2. The highest BCUT2D eigenvalue weighted by atomic mass is 16.1. The Morgan fingerprint density at radius 1 is 1.04 bits per heavy atom. The van der Waals surface area contributed by atoms with Crippen LogP contribution < -0.4 is 5.32 Å². The van der Waals surface area contributed by atoms with Crippen LogP contribution in [0, 0.1) is 0 Å². The lowest BCUT2D eigenvalue weighted by atomic mass is 10.0. The summed E-state index contributed by atoms with van der Waals surface area (Å²) in [6.45, 7) is 6.97. The van der Waals surface area contributed by atoms with Crippen LogP contribution in [0.2, 0.25) is 0 Å². The lowest BCUT2D eigenvalue weighted by molar-refractivity contribution is -0.120. The molecule has 1 amide bonds. The second-order valence-electron chi connectivity index (χ2n) is 6.91. The Balaban J connectivity index is 1.62. The highest BCUT2D eigenvalue weighted by molar-refractivity contribution is 5.88. The summed E-state index contributed by atoms with van der Waals surface area (Å²) in [5, 5.41) is 4.28. The number of hydrogen-bond donors (Lipinski definition) is 2. The van der Waals surface area contributed by atoms with E-state index in [1.54, 1.807) is 0 Å². The standard InChI is InChI=1S/C23H29N3O/c1-3-26(4-2)20(14-18-10-6-5-7-11-18)17-25-23(27)15-19-16-24-22-13-9-8-12-21(19)22/h5-13,16,20,24H,3-4,14-15,17H2,1-2H3,(H,25,27). The number of carbonyl (C=O) groups is 1. The zero-order chi connectivity index (χ0) is 19.1. The lowest BCUT2D eigenvalue weighted by Crippen LogP contribution is -2.45. The number of para-hydroxylation sites is 1. The first-order valence-corrected chi connectivity index (χ1v) is 9.81. The molecule has 1 atom stereocenters. The third kappa shape index (κ3) is 4.98. The summed E-state index contributed by atoms with van der Waals surface area (Å²) in [5.74, 6) is 0.0740. The fourth-order valence-corrected chi connectivity index (χ4v) is 3.70. The summed E-state index contributed by atoms with van der Waals surface area (Å²) < 4.78 is 0. The molecule has 142 valence electrons. The van der Waals surface area contributed by atoms with E-state index in [-0.39, 0.29) is 5.91 Å². The summed E-state index contributed by atoms with van der Waals surface area (Å²) in [5.41, 5.74) is 3.43. The molecule has 3 rings (SSSR count). The van der Waals surface area contributed by atoms with Crippen LogP contribution in [0.1, 0.15) is 25.0 Å². The second-order valence-corrected chi connectivity index (χ2v) is 6.91. The van der Waals surface area contributed by atoms with Crippen molar-refractivity contribution >= 4 is 16.8 Å². The van der Waals surface area contributed by atoms with Crippen LogP contribution in [0.25, 0.3) is 10.9 Å². The molecule has 0 radical (unpaired) electrons. The first-order valence-electron chi connectivity index (χ1n) is 9.81. The molecule has 0 aliphatic carbocycles. The average Bonchev–Trinajstić information content (AvgIpc) is 3.10. The molecule has 3 aromatic rings. The number of aromatic amines is 1. The number of benzene rings is 2. The average molecular weight is 364 g/mol. The van der Waals surface area contributed by atoms with Crippen molar-refractivity contribution in [2.75, 3.05) is 19.6 Å². The van der Waals surface area contributed by atoms with Crippen molar-refractivity contribution in [3.8, 4) is 0 Å². The van der Waals surface area contributed by atoms with Crippen LogP contribution in [0.5, 0.6) is 0 Å². The molecule has 0 bridgehead atoms. The molecule has 0 aliphatic rings. The molecule has 4 heteroatoms. The van der Waals surface area contributed by atoms with Crippen LogP contribution in [0.4, 0.5) is 0 Å². The maximum Gasteiger partial charge on any atom is 0.224 e. The number of carbonyl (C=O) groups excluding carboxylic acids is 1. The number of nitrogens with zero attached hydrogens (tertiary/aromatic N) is 1. The van der Waals surface area contributed by atoms with E-state index < -0.39 is 0 Å². The molecular weight excluding hydrogens is 334 g/mol. The van der Waals surface area contributed by atoms with Crippen LogP contribution in [0.3, 0.4) is 0 Å². The van der Waals surface area contributed by atoms with Gasteiger partial charge in [-0.25, -0.2) is 0 Å². The van der Waals surface area contributed by atoms with E-state index in [1.165, 1.54) is 5.56 Å². The molecule has 2 N–H and O–H groups in total. The van der Waals surface area contributed by atoms with E-state index in [0.717, 1.165) is 36.0 Å². The highest BCUT2D eigenvalue weighted by Gasteiger charge is 2.18. The van der Waals surface area contributed by atoms with E-state index in [9.17, 15) is 4.79 Å². The van der Waals surface area contributed by atoms with Gasteiger partial charge in [0.2, 0.25) is 5.91 Å². The minimum Gasteiger partial charge on any atom is -0.361 e. The van der Waals surface area contributed by atoms with Gasteiger partial charge in [-0.1, -0.05) is 62.4 Å². The minimum atomic E-state index is 0.0740. The first-order chi connectivity index (χ1) is 13.2. The van der Waals surface area contributed by atoms with E-state index in [2.05, 4.69) is 59.4 Å². The van der Waals surface area contributed by atoms with Gasteiger partial charge >= 0.3 is 0 Å². The smallest absolute Gasteiger partial charge is 0.224 e. The quantitative estimate of drug-likeness (QED) is 0.608. The number of aromatic nitrogens is 1. The number of nitrogens with one attached hydrogen (secondary N) is 2. The molecule has 0 spiro atoms. The van der Waals surface area contributed by atoms with Crippen molar-refractivity contribution in [3.63, 3.8) is 0 Å². The molecule has 0 saturated heterocycles. The van der Waals surface area contributed by atoms with Gasteiger partial charge in [0.25, 0.3) is 0 Å². The number of H-pyrrole nitrogens is 1. The Labute approximate surface area is 161 Å². The third-order valence-electron chi connectivity index (χ3n) is 5.20. The molecule has 0 saturated carbocycles. The van der Waals surface area contributed by atoms with E-state index >= 15 is 0 Å². The van der Waals surface area contributed by atoms with E-state index in [1.807, 2.05) is 30.5 Å². The predicted octanol–water partition coefficient (Wildman–Crippen LogP) is 3.78. The molecular formula is C23H29N3O. The normalized spacial score (nSPS) is 12.4. The molecule has 27 heavy (non-hydrogen) atoms. The van der Waals surface area contributed by atoms with Gasteiger partial charge in [0.1, 0.15) is 0 Å². The zero-order valence-electron chi connectivity index (χ0n) is 16.2. The van der Waals surface area contributed by atoms with Gasteiger partial charge in [-0.2, -0.15) is 0 Å². The van der Waals surface area contributed by atoms with Crippen molar-refractivity contribution in [1.82, 2.24) is 15.2 Å². The number of amides is 1. The fourth-order valence-electron chi connectivity index (χ4n) is 3.70. The maximum absolute atomic E-state index is 12.6. The molecule has 4 nitrogen and oxygen atoms in total. The number of rotatable bonds is 9. The van der Waals surface area contributed by atoms with Gasteiger partial charge in [-0.15, -0.1) is 0 Å². The van der Waals surface area contributed by atoms with Gasteiger partial charge in [-0.3, -0.25) is 9.69 Å². The summed E-state index contributed by atoms with van der Waals surface area (Å²) >= 11 is 0. The largest absolute Gasteiger partial charge is 0.361 e. The molecule has 1 heterocycles. The fraction of sp³-hybridized carbons (Fsp3) is 0.348. The highest BCUT2D eigenvalue weighted by Crippen LogP contribution is 2.18. The molecule has 1 unspecified atom stereocenters. The number of hydrogen-bond acceptors (Lipinski definition) is 2. The second kappa shape index (κ2) is 9.38. The van der Waals surface area contributed by atoms with Crippen molar-refractivity contribution in [2.45, 2.75) is 32.7 Å². The Morgan fingerprint density at radius 2 is 1.74 bits per heavy atom. The van der Waals surface area contributed by atoms with Crippen LogP contribution in [0.15, 0.2) is 60.8 Å². The van der Waals surface area contributed by atoms with Crippen LogP contribution in [-0.4, -0.2) is 41.5 Å². The van der Waals surface area contributed by atoms with Gasteiger partial charge in [0, 0.05) is 29.7 Å². The maximum atomic E-state index is 12.6. The Kier molecular flexibility index (Phi) is 6.66. The summed E-state index contributed by atoms with van der Waals surface area (Å²) in [4.78, 5) is 18.2. The molecule has 0 fully saturated rings. The van der Waals surface area contributed by atoms with Gasteiger partial charge in [-0.05, 0) is 36.7 Å².